The Balaban J connectivity index is 2.20. The van der Waals surface area contributed by atoms with E-state index < -0.39 is 26.3 Å². The summed E-state index contributed by atoms with van der Waals surface area (Å²) < 4.78 is 19.8. The summed E-state index contributed by atoms with van der Waals surface area (Å²) in [6, 6.07) is 0.938. The van der Waals surface area contributed by atoms with Crippen molar-refractivity contribution in [3.05, 3.63) is 29.8 Å². The monoisotopic (exact) mass is 340 g/mol. The van der Waals surface area contributed by atoms with Crippen LogP contribution in [0.25, 0.3) is 0 Å². The Morgan fingerprint density at radius 3 is 2.61 bits per heavy atom. The molecular formula is C16H25FN2O3Si. The van der Waals surface area contributed by atoms with Gasteiger partial charge in [-0.25, -0.2) is 9.18 Å². The summed E-state index contributed by atoms with van der Waals surface area (Å²) in [6.07, 6.45) is 2.00. The fourth-order valence-electron chi connectivity index (χ4n) is 2.61. The predicted molar refractivity (Wildman–Crippen MR) is 88.4 cm³/mol. The van der Waals surface area contributed by atoms with Crippen LogP contribution in [-0.4, -0.2) is 42.0 Å². The molecule has 1 aliphatic heterocycles. The zero-order chi connectivity index (χ0) is 17.4. The number of rotatable bonds is 3. The summed E-state index contributed by atoms with van der Waals surface area (Å²) in [5.41, 5.74) is 0.578. The molecule has 0 unspecified atom stereocenters. The number of carboxylic acid groups (broad SMARTS) is 1. The summed E-state index contributed by atoms with van der Waals surface area (Å²) >= 11 is 0. The largest absolute Gasteiger partial charge is 0.465 e. The molecule has 0 spiro atoms. The zero-order valence-corrected chi connectivity index (χ0v) is 15.3. The van der Waals surface area contributed by atoms with Crippen LogP contribution in [0.1, 0.15) is 38.8 Å². The van der Waals surface area contributed by atoms with Crippen molar-refractivity contribution in [3.63, 3.8) is 0 Å². The van der Waals surface area contributed by atoms with Gasteiger partial charge in [-0.15, -0.1) is 0 Å². The molecule has 2 atom stereocenters. The van der Waals surface area contributed by atoms with Gasteiger partial charge in [0.25, 0.3) is 0 Å². The van der Waals surface area contributed by atoms with E-state index in [4.69, 9.17) is 4.43 Å². The first-order valence-electron chi connectivity index (χ1n) is 7.79. The molecule has 1 aromatic heterocycles. The second-order valence-corrected chi connectivity index (χ2v) is 12.4. The molecule has 0 saturated carbocycles. The Bertz CT molecular complexity index is 589. The molecule has 1 aromatic rings. The maximum atomic E-state index is 13.4. The lowest BCUT2D eigenvalue weighted by molar-refractivity contribution is 0.132. The number of nitrogens with zero attached hydrogens (tertiary/aromatic N) is 2. The molecule has 2 rings (SSSR count). The van der Waals surface area contributed by atoms with Gasteiger partial charge in [-0.2, -0.15) is 0 Å². The summed E-state index contributed by atoms with van der Waals surface area (Å²) in [5.74, 6) is -0.457. The molecule has 0 bridgehead atoms. The topological polar surface area (TPSA) is 62.7 Å². The first-order valence-corrected chi connectivity index (χ1v) is 10.7. The number of hydrogen-bond acceptors (Lipinski definition) is 3. The second-order valence-electron chi connectivity index (χ2n) is 7.62. The lowest BCUT2D eigenvalue weighted by Gasteiger charge is -2.38. The molecule has 1 amide bonds. The van der Waals surface area contributed by atoms with Crippen LogP contribution in [0.3, 0.4) is 0 Å². The van der Waals surface area contributed by atoms with Gasteiger partial charge in [-0.3, -0.25) is 9.88 Å². The van der Waals surface area contributed by atoms with Gasteiger partial charge in [0.15, 0.2) is 8.32 Å². The van der Waals surface area contributed by atoms with Crippen molar-refractivity contribution in [1.29, 1.82) is 0 Å². The van der Waals surface area contributed by atoms with Crippen LogP contribution in [0.15, 0.2) is 18.5 Å². The Hall–Kier alpha value is -1.47. The van der Waals surface area contributed by atoms with E-state index in [1.54, 1.807) is 0 Å². The molecule has 1 fully saturated rings. The van der Waals surface area contributed by atoms with E-state index in [-0.39, 0.29) is 11.1 Å². The highest BCUT2D eigenvalue weighted by Crippen LogP contribution is 2.41. The van der Waals surface area contributed by atoms with Crippen molar-refractivity contribution in [2.45, 2.75) is 57.5 Å². The maximum absolute atomic E-state index is 13.4. The van der Waals surface area contributed by atoms with Crippen LogP contribution in [0.2, 0.25) is 18.1 Å². The molecule has 1 N–H and O–H groups in total. The smallest absolute Gasteiger partial charge is 0.407 e. The SMILES string of the molecule is CC(C)(C)[Si](C)(C)O[C@@H]1C[C@@H](c2cncc(F)c2)N(C(=O)O)C1. The van der Waals surface area contributed by atoms with Gasteiger partial charge in [-0.1, -0.05) is 20.8 Å². The standard InChI is InChI=1S/C16H25FN2O3Si/c1-16(2,3)23(4,5)22-13-7-14(19(10-13)15(20)21)11-6-12(17)9-18-8-11/h6,8-9,13-14H,7,10H2,1-5H3,(H,20,21)/t13-,14+/m1/s1. The van der Waals surface area contributed by atoms with E-state index >= 15 is 0 Å². The fourth-order valence-corrected chi connectivity index (χ4v) is 3.97. The molecule has 0 aromatic carbocycles. The van der Waals surface area contributed by atoms with Crippen LogP contribution in [0, 0.1) is 5.82 Å². The number of pyridine rings is 1. The second kappa shape index (κ2) is 6.20. The van der Waals surface area contributed by atoms with Crippen LogP contribution in [0.5, 0.6) is 0 Å². The summed E-state index contributed by atoms with van der Waals surface area (Å²) in [7, 11) is -1.99. The quantitative estimate of drug-likeness (QED) is 0.844. The van der Waals surface area contributed by atoms with Gasteiger partial charge in [0.2, 0.25) is 0 Å². The molecule has 0 aliphatic carbocycles. The van der Waals surface area contributed by atoms with Crippen molar-refractivity contribution in [2.24, 2.45) is 0 Å². The number of halogens is 1. The Morgan fingerprint density at radius 2 is 2.09 bits per heavy atom. The minimum Gasteiger partial charge on any atom is -0.465 e. The molecule has 0 radical (unpaired) electrons. The summed E-state index contributed by atoms with van der Waals surface area (Å²) in [5, 5.41) is 9.51. The van der Waals surface area contributed by atoms with E-state index in [1.807, 2.05) is 0 Å². The maximum Gasteiger partial charge on any atom is 0.407 e. The third-order valence-corrected chi connectivity index (χ3v) is 9.42. The number of hydrogen-bond donors (Lipinski definition) is 1. The minimum atomic E-state index is -1.99. The number of amides is 1. The average Bonchev–Trinajstić information content (AvgIpc) is 2.80. The van der Waals surface area contributed by atoms with E-state index in [2.05, 4.69) is 38.8 Å². The average molecular weight is 340 g/mol. The van der Waals surface area contributed by atoms with E-state index in [0.29, 0.717) is 18.5 Å². The van der Waals surface area contributed by atoms with E-state index in [1.165, 1.54) is 17.2 Å². The minimum absolute atomic E-state index is 0.0551. The van der Waals surface area contributed by atoms with Gasteiger partial charge in [0.1, 0.15) is 5.82 Å². The first-order chi connectivity index (χ1) is 10.5. The Morgan fingerprint density at radius 1 is 1.43 bits per heavy atom. The predicted octanol–water partition coefficient (Wildman–Crippen LogP) is 4.04. The van der Waals surface area contributed by atoms with Crippen molar-refractivity contribution in [2.75, 3.05) is 6.54 Å². The molecule has 7 heteroatoms. The van der Waals surface area contributed by atoms with Gasteiger partial charge in [-0.05, 0) is 36.2 Å². The Kier molecular flexibility index (Phi) is 4.82. The lowest BCUT2D eigenvalue weighted by atomic mass is 10.1. The third-order valence-electron chi connectivity index (χ3n) is 4.89. The van der Waals surface area contributed by atoms with Crippen molar-refractivity contribution >= 4 is 14.4 Å². The zero-order valence-electron chi connectivity index (χ0n) is 14.3. The van der Waals surface area contributed by atoms with Crippen molar-refractivity contribution in [1.82, 2.24) is 9.88 Å². The first kappa shape index (κ1) is 17.9. The van der Waals surface area contributed by atoms with E-state index in [9.17, 15) is 14.3 Å². The molecular weight excluding hydrogens is 315 g/mol. The Labute approximate surface area is 137 Å². The molecule has 2 heterocycles. The van der Waals surface area contributed by atoms with Crippen LogP contribution < -0.4 is 0 Å². The lowest BCUT2D eigenvalue weighted by Crippen LogP contribution is -2.44. The van der Waals surface area contributed by atoms with Gasteiger partial charge in [0, 0.05) is 12.7 Å². The molecule has 5 nitrogen and oxygen atoms in total. The molecule has 23 heavy (non-hydrogen) atoms. The highest BCUT2D eigenvalue weighted by atomic mass is 28.4. The number of likely N-dealkylation sites (tertiary alicyclic amines) is 1. The van der Waals surface area contributed by atoms with Gasteiger partial charge >= 0.3 is 6.09 Å². The van der Waals surface area contributed by atoms with Crippen LogP contribution in [0.4, 0.5) is 9.18 Å². The van der Waals surface area contributed by atoms with Crippen molar-refractivity contribution < 1.29 is 18.7 Å². The highest BCUT2D eigenvalue weighted by molar-refractivity contribution is 6.74. The van der Waals surface area contributed by atoms with E-state index in [0.717, 1.165) is 6.20 Å². The van der Waals surface area contributed by atoms with Gasteiger partial charge in [0.05, 0.1) is 18.3 Å². The molecule has 1 saturated heterocycles. The summed E-state index contributed by atoms with van der Waals surface area (Å²) in [6.45, 7) is 11.1. The third kappa shape index (κ3) is 3.90. The fraction of sp³-hybridized carbons (Fsp3) is 0.625. The van der Waals surface area contributed by atoms with Crippen LogP contribution >= 0.6 is 0 Å². The van der Waals surface area contributed by atoms with Crippen LogP contribution in [-0.2, 0) is 4.43 Å². The summed E-state index contributed by atoms with van der Waals surface area (Å²) in [4.78, 5) is 16.7. The number of carbonyl (C=O) groups is 1. The normalized spacial score (nSPS) is 22.4. The molecule has 1 aliphatic rings. The van der Waals surface area contributed by atoms with Crippen molar-refractivity contribution in [3.8, 4) is 0 Å². The highest BCUT2D eigenvalue weighted by Gasteiger charge is 2.44. The van der Waals surface area contributed by atoms with Gasteiger partial charge < -0.3 is 9.53 Å². The molecule has 128 valence electrons. The number of aromatic nitrogens is 1.